The Labute approximate surface area is 124 Å². The number of rotatable bonds is 5. The molecule has 0 unspecified atom stereocenters. The van der Waals surface area contributed by atoms with Gasteiger partial charge in [-0.05, 0) is 24.8 Å². The molecule has 0 bridgehead atoms. The highest BCUT2D eigenvalue weighted by atomic mass is 16.6. The Bertz CT molecular complexity index is 493. The largest absolute Gasteiger partial charge is 0.370 e. The number of hydrogen-bond donors (Lipinski definition) is 2. The summed E-state index contributed by atoms with van der Waals surface area (Å²) in [6.07, 6.45) is 6.89. The van der Waals surface area contributed by atoms with Crippen LogP contribution in [-0.2, 0) is 6.42 Å². The molecule has 1 fully saturated rings. The first-order chi connectivity index (χ1) is 10.1. The molecule has 0 aromatic heterocycles. The highest BCUT2D eigenvalue weighted by Crippen LogP contribution is 2.17. The molecule has 1 saturated carbocycles. The minimum absolute atomic E-state index is 0.112. The molecule has 6 nitrogen and oxygen atoms in total. The first-order valence-corrected chi connectivity index (χ1v) is 7.45. The number of guanidine groups is 1. The quantitative estimate of drug-likeness (QED) is 0.377. The normalized spacial score (nSPS) is 16.7. The van der Waals surface area contributed by atoms with Gasteiger partial charge in [0.25, 0.3) is 5.69 Å². The average Bonchev–Trinajstić information content (AvgIpc) is 2.49. The fourth-order valence-corrected chi connectivity index (χ4v) is 2.59. The number of aliphatic imine (C=N–C) groups is 1. The van der Waals surface area contributed by atoms with Crippen LogP contribution in [0.1, 0.15) is 37.7 Å². The fourth-order valence-electron chi connectivity index (χ4n) is 2.59. The summed E-state index contributed by atoms with van der Waals surface area (Å²) in [6, 6.07) is 7.02. The minimum Gasteiger partial charge on any atom is -0.370 e. The molecule has 0 radical (unpaired) electrons. The molecule has 2 rings (SSSR count). The minimum atomic E-state index is -0.395. The molecule has 0 aliphatic heterocycles. The lowest BCUT2D eigenvalue weighted by Gasteiger charge is -2.23. The van der Waals surface area contributed by atoms with Crippen LogP contribution < -0.4 is 11.1 Å². The molecular formula is C15H22N4O2. The van der Waals surface area contributed by atoms with E-state index in [1.165, 1.54) is 44.2 Å². The number of non-ortho nitro benzene ring substituents is 1. The monoisotopic (exact) mass is 290 g/mol. The zero-order chi connectivity index (χ0) is 15.1. The first kappa shape index (κ1) is 15.3. The third kappa shape index (κ3) is 5.06. The number of hydrogen-bond acceptors (Lipinski definition) is 3. The van der Waals surface area contributed by atoms with Crippen LogP contribution in [0.2, 0.25) is 0 Å². The van der Waals surface area contributed by atoms with Crippen molar-refractivity contribution in [2.75, 3.05) is 6.54 Å². The van der Waals surface area contributed by atoms with Crippen molar-refractivity contribution in [3.05, 3.63) is 39.9 Å². The Morgan fingerprint density at radius 2 is 1.95 bits per heavy atom. The van der Waals surface area contributed by atoms with Crippen LogP contribution in [0.5, 0.6) is 0 Å². The summed E-state index contributed by atoms with van der Waals surface area (Å²) in [5, 5.41) is 13.8. The van der Waals surface area contributed by atoms with Crippen molar-refractivity contribution in [2.45, 2.75) is 44.6 Å². The summed E-state index contributed by atoms with van der Waals surface area (Å²) in [5.74, 6) is 0.504. The van der Waals surface area contributed by atoms with E-state index in [9.17, 15) is 10.1 Å². The van der Waals surface area contributed by atoms with E-state index in [1.54, 1.807) is 12.1 Å². The third-order valence-electron chi connectivity index (χ3n) is 3.79. The van der Waals surface area contributed by atoms with Crippen molar-refractivity contribution >= 4 is 11.6 Å². The molecule has 0 atom stereocenters. The molecule has 21 heavy (non-hydrogen) atoms. The molecule has 0 heterocycles. The Kier molecular flexibility index (Phi) is 5.54. The van der Waals surface area contributed by atoms with E-state index in [-0.39, 0.29) is 5.69 Å². The van der Waals surface area contributed by atoms with Crippen molar-refractivity contribution in [3.63, 3.8) is 0 Å². The summed E-state index contributed by atoms with van der Waals surface area (Å²) in [5.41, 5.74) is 7.02. The maximum absolute atomic E-state index is 10.6. The van der Waals surface area contributed by atoms with Gasteiger partial charge in [-0.3, -0.25) is 15.1 Å². The lowest BCUT2D eigenvalue weighted by molar-refractivity contribution is -0.384. The molecule has 0 saturated heterocycles. The Morgan fingerprint density at radius 3 is 2.57 bits per heavy atom. The van der Waals surface area contributed by atoms with Gasteiger partial charge >= 0.3 is 0 Å². The number of benzene rings is 1. The topological polar surface area (TPSA) is 93.5 Å². The van der Waals surface area contributed by atoms with Gasteiger partial charge in [0.15, 0.2) is 5.96 Å². The molecule has 0 amide bonds. The van der Waals surface area contributed by atoms with Gasteiger partial charge in [-0.1, -0.05) is 31.4 Å². The molecular weight excluding hydrogens is 268 g/mol. The molecule has 1 aliphatic rings. The molecule has 3 N–H and O–H groups in total. The Morgan fingerprint density at radius 1 is 1.29 bits per heavy atom. The highest BCUT2D eigenvalue weighted by Gasteiger charge is 2.13. The summed E-state index contributed by atoms with van der Waals surface area (Å²) >= 11 is 0. The zero-order valence-electron chi connectivity index (χ0n) is 12.1. The Hall–Kier alpha value is -2.11. The van der Waals surface area contributed by atoms with Gasteiger partial charge in [-0.15, -0.1) is 0 Å². The van der Waals surface area contributed by atoms with Crippen molar-refractivity contribution in [2.24, 2.45) is 10.7 Å². The third-order valence-corrected chi connectivity index (χ3v) is 3.79. The van der Waals surface area contributed by atoms with E-state index in [0.29, 0.717) is 18.5 Å². The van der Waals surface area contributed by atoms with E-state index in [2.05, 4.69) is 10.3 Å². The SMILES string of the molecule is NC(=NCCc1ccc([N+](=O)[O-])cc1)NC1CCCCC1. The van der Waals surface area contributed by atoms with Crippen LogP contribution in [0.4, 0.5) is 5.69 Å². The van der Waals surface area contributed by atoms with Gasteiger partial charge in [0.1, 0.15) is 0 Å². The predicted octanol–water partition coefficient (Wildman–Crippen LogP) is 2.37. The second-order valence-electron chi connectivity index (χ2n) is 5.42. The molecule has 114 valence electrons. The number of nitrogens with one attached hydrogen (secondary N) is 1. The van der Waals surface area contributed by atoms with Gasteiger partial charge in [0.05, 0.1) is 4.92 Å². The van der Waals surface area contributed by atoms with Crippen molar-refractivity contribution in [3.8, 4) is 0 Å². The van der Waals surface area contributed by atoms with E-state index in [0.717, 1.165) is 12.0 Å². The lowest BCUT2D eigenvalue weighted by Crippen LogP contribution is -2.41. The smallest absolute Gasteiger partial charge is 0.269 e. The van der Waals surface area contributed by atoms with Crippen molar-refractivity contribution < 1.29 is 4.92 Å². The standard InChI is InChI=1S/C15H22N4O2/c16-15(18-13-4-2-1-3-5-13)17-11-10-12-6-8-14(9-7-12)19(20)21/h6-9,13H,1-5,10-11H2,(H3,16,17,18). The highest BCUT2D eigenvalue weighted by molar-refractivity contribution is 5.78. The second-order valence-corrected chi connectivity index (χ2v) is 5.42. The number of nitrogens with two attached hydrogens (primary N) is 1. The van der Waals surface area contributed by atoms with E-state index in [1.807, 2.05) is 0 Å². The van der Waals surface area contributed by atoms with Crippen LogP contribution in [0, 0.1) is 10.1 Å². The van der Waals surface area contributed by atoms with Crippen LogP contribution in [0.15, 0.2) is 29.3 Å². The average molecular weight is 290 g/mol. The number of nitro groups is 1. The molecule has 1 aromatic rings. The van der Waals surface area contributed by atoms with Crippen LogP contribution >= 0.6 is 0 Å². The van der Waals surface area contributed by atoms with E-state index in [4.69, 9.17) is 5.73 Å². The maximum Gasteiger partial charge on any atom is 0.269 e. The number of nitro benzene ring substituents is 1. The van der Waals surface area contributed by atoms with Crippen LogP contribution in [0.3, 0.4) is 0 Å². The predicted molar refractivity (Wildman–Crippen MR) is 83.3 cm³/mol. The van der Waals surface area contributed by atoms with E-state index < -0.39 is 4.92 Å². The Balaban J connectivity index is 1.76. The summed E-state index contributed by atoms with van der Waals surface area (Å²) in [6.45, 7) is 0.587. The molecule has 0 spiro atoms. The van der Waals surface area contributed by atoms with Crippen molar-refractivity contribution in [1.82, 2.24) is 5.32 Å². The lowest BCUT2D eigenvalue weighted by atomic mass is 9.96. The summed E-state index contributed by atoms with van der Waals surface area (Å²) < 4.78 is 0. The fraction of sp³-hybridized carbons (Fsp3) is 0.533. The van der Waals surface area contributed by atoms with Crippen molar-refractivity contribution in [1.29, 1.82) is 0 Å². The van der Waals surface area contributed by atoms with Gasteiger partial charge in [0.2, 0.25) is 0 Å². The van der Waals surface area contributed by atoms with Gasteiger partial charge in [-0.2, -0.15) is 0 Å². The number of nitrogens with zero attached hydrogens (tertiary/aromatic N) is 2. The molecule has 1 aromatic carbocycles. The maximum atomic E-state index is 10.6. The van der Waals surface area contributed by atoms with Gasteiger partial charge in [0, 0.05) is 24.7 Å². The van der Waals surface area contributed by atoms with Crippen LogP contribution in [-0.4, -0.2) is 23.5 Å². The van der Waals surface area contributed by atoms with Gasteiger partial charge < -0.3 is 11.1 Å². The molecule has 1 aliphatic carbocycles. The summed E-state index contributed by atoms with van der Waals surface area (Å²) in [4.78, 5) is 14.5. The zero-order valence-corrected chi connectivity index (χ0v) is 12.1. The van der Waals surface area contributed by atoms with E-state index >= 15 is 0 Å². The first-order valence-electron chi connectivity index (χ1n) is 7.45. The molecule has 6 heteroatoms. The summed E-state index contributed by atoms with van der Waals surface area (Å²) in [7, 11) is 0. The van der Waals surface area contributed by atoms with Crippen LogP contribution in [0.25, 0.3) is 0 Å². The van der Waals surface area contributed by atoms with Gasteiger partial charge in [-0.25, -0.2) is 0 Å². The second kappa shape index (κ2) is 7.61.